The number of fused-ring (bicyclic) bond motifs is 1. The van der Waals surface area contributed by atoms with E-state index in [9.17, 15) is 13.5 Å². The summed E-state index contributed by atoms with van der Waals surface area (Å²) in [7, 11) is -0.412. The van der Waals surface area contributed by atoms with E-state index < -0.39 is 10.0 Å². The van der Waals surface area contributed by atoms with Crippen LogP contribution in [0.3, 0.4) is 0 Å². The number of rotatable bonds is 5. The Morgan fingerprint density at radius 2 is 1.88 bits per heavy atom. The Morgan fingerprint density at radius 3 is 2.50 bits per heavy atom. The summed E-state index contributed by atoms with van der Waals surface area (Å²) < 4.78 is 25.4. The smallest absolute Gasteiger partial charge is 0.242 e. The zero-order valence-electron chi connectivity index (χ0n) is 13.5. The molecule has 0 radical (unpaired) electrons. The minimum Gasteiger partial charge on any atom is -0.390 e. The maximum Gasteiger partial charge on any atom is 0.242 e. The van der Waals surface area contributed by atoms with E-state index in [0.717, 1.165) is 27.9 Å². The number of aromatic nitrogens is 2. The van der Waals surface area contributed by atoms with Crippen LogP contribution in [0, 0.1) is 0 Å². The van der Waals surface area contributed by atoms with Gasteiger partial charge in [-0.3, -0.25) is 4.98 Å². The summed E-state index contributed by atoms with van der Waals surface area (Å²) in [6.45, 7) is -0.0984. The number of sulfonamides is 1. The lowest BCUT2D eigenvalue weighted by Gasteiger charge is -2.11. The van der Waals surface area contributed by atoms with Crippen molar-refractivity contribution in [3.05, 3.63) is 59.4 Å². The molecular formula is C17H19N3O3S. The van der Waals surface area contributed by atoms with Crippen molar-refractivity contribution in [3.8, 4) is 0 Å². The normalized spacial score (nSPS) is 12.2. The topological polar surface area (TPSA) is 86.3 Å². The van der Waals surface area contributed by atoms with E-state index in [1.54, 1.807) is 30.5 Å². The van der Waals surface area contributed by atoms with E-state index in [-0.39, 0.29) is 11.5 Å². The molecular weight excluding hydrogens is 326 g/mol. The second-order valence-electron chi connectivity index (χ2n) is 5.75. The fraction of sp³-hybridized carbons (Fsp3) is 0.235. The fourth-order valence-electron chi connectivity index (χ4n) is 2.65. The first-order chi connectivity index (χ1) is 11.4. The number of aliphatic hydroxyl groups is 1. The lowest BCUT2D eigenvalue weighted by Crippen LogP contribution is -2.22. The molecule has 3 aromatic rings. The molecule has 0 saturated heterocycles. The van der Waals surface area contributed by atoms with E-state index in [0.29, 0.717) is 6.42 Å². The molecule has 6 nitrogen and oxygen atoms in total. The van der Waals surface area contributed by atoms with Gasteiger partial charge in [-0.05, 0) is 29.8 Å². The van der Waals surface area contributed by atoms with Crippen molar-refractivity contribution in [1.29, 1.82) is 0 Å². The summed E-state index contributed by atoms with van der Waals surface area (Å²) in [6.07, 6.45) is 2.28. The molecule has 0 atom stereocenters. The van der Waals surface area contributed by atoms with Crippen molar-refractivity contribution in [2.24, 2.45) is 0 Å². The highest BCUT2D eigenvalue weighted by Gasteiger charge is 2.17. The third kappa shape index (κ3) is 2.93. The number of nitrogens with one attached hydrogen (secondary N) is 1. The molecule has 7 heteroatoms. The van der Waals surface area contributed by atoms with E-state index in [2.05, 4.69) is 9.97 Å². The van der Waals surface area contributed by atoms with Gasteiger partial charge in [-0.25, -0.2) is 12.7 Å². The standard InChI is InChI=1S/C17H19N3O3S/c1-20(2)24(22,23)13-7-5-12(6-8-13)10-14-16(11-21)19-15-4-3-9-18-17(14)15/h3-9,19,21H,10-11H2,1-2H3. The number of hydrogen-bond donors (Lipinski definition) is 2. The summed E-state index contributed by atoms with van der Waals surface area (Å²) >= 11 is 0. The van der Waals surface area contributed by atoms with Crippen LogP contribution in [-0.2, 0) is 23.1 Å². The molecule has 0 unspecified atom stereocenters. The fourth-order valence-corrected chi connectivity index (χ4v) is 3.55. The van der Waals surface area contributed by atoms with Gasteiger partial charge in [-0.2, -0.15) is 0 Å². The van der Waals surface area contributed by atoms with Crippen molar-refractivity contribution >= 4 is 21.1 Å². The molecule has 0 spiro atoms. The van der Waals surface area contributed by atoms with Gasteiger partial charge >= 0.3 is 0 Å². The molecule has 0 aliphatic heterocycles. The molecule has 126 valence electrons. The minimum atomic E-state index is -3.43. The van der Waals surface area contributed by atoms with Gasteiger partial charge in [-0.1, -0.05) is 12.1 Å². The van der Waals surface area contributed by atoms with E-state index in [1.165, 1.54) is 18.4 Å². The first-order valence-corrected chi connectivity index (χ1v) is 8.94. The average molecular weight is 345 g/mol. The molecule has 2 aromatic heterocycles. The summed E-state index contributed by atoms with van der Waals surface area (Å²) in [4.78, 5) is 7.81. The zero-order chi connectivity index (χ0) is 17.3. The van der Waals surface area contributed by atoms with Crippen molar-refractivity contribution in [2.75, 3.05) is 14.1 Å². The van der Waals surface area contributed by atoms with Crippen molar-refractivity contribution in [1.82, 2.24) is 14.3 Å². The van der Waals surface area contributed by atoms with Gasteiger partial charge < -0.3 is 10.1 Å². The Hall–Kier alpha value is -2.22. The molecule has 0 fully saturated rings. The average Bonchev–Trinajstić information content (AvgIpc) is 2.93. The Labute approximate surface area is 140 Å². The van der Waals surface area contributed by atoms with Gasteiger partial charge in [0, 0.05) is 38.0 Å². The molecule has 0 bridgehead atoms. The number of hydrogen-bond acceptors (Lipinski definition) is 4. The SMILES string of the molecule is CN(C)S(=O)(=O)c1ccc(Cc2c(CO)[nH]c3cccnc23)cc1. The highest BCUT2D eigenvalue weighted by molar-refractivity contribution is 7.89. The summed E-state index contributed by atoms with van der Waals surface area (Å²) in [5.74, 6) is 0. The predicted octanol–water partition coefficient (Wildman–Crippen LogP) is 1.90. The van der Waals surface area contributed by atoms with Crippen LogP contribution in [0.1, 0.15) is 16.8 Å². The second-order valence-corrected chi connectivity index (χ2v) is 7.90. The number of aliphatic hydroxyl groups excluding tert-OH is 1. The molecule has 24 heavy (non-hydrogen) atoms. The lowest BCUT2D eigenvalue weighted by atomic mass is 10.0. The first-order valence-electron chi connectivity index (χ1n) is 7.50. The van der Waals surface area contributed by atoms with Crippen LogP contribution in [0.2, 0.25) is 0 Å². The Bertz CT molecular complexity index is 960. The minimum absolute atomic E-state index is 0.0984. The third-order valence-corrected chi connectivity index (χ3v) is 5.81. The number of pyridine rings is 1. The molecule has 0 aliphatic rings. The molecule has 0 aliphatic carbocycles. The molecule has 2 heterocycles. The van der Waals surface area contributed by atoms with Crippen molar-refractivity contribution in [2.45, 2.75) is 17.9 Å². The van der Waals surface area contributed by atoms with E-state index in [1.807, 2.05) is 12.1 Å². The quantitative estimate of drug-likeness (QED) is 0.739. The number of nitrogens with zero attached hydrogens (tertiary/aromatic N) is 2. The molecule has 1 aromatic carbocycles. The summed E-state index contributed by atoms with van der Waals surface area (Å²) in [5.41, 5.74) is 4.31. The second kappa shape index (κ2) is 6.35. The van der Waals surface area contributed by atoms with E-state index >= 15 is 0 Å². The molecule has 0 saturated carbocycles. The molecule has 3 rings (SSSR count). The Balaban J connectivity index is 1.95. The monoisotopic (exact) mass is 345 g/mol. The Kier molecular flexibility index (Phi) is 4.40. The van der Waals surface area contributed by atoms with Crippen molar-refractivity contribution < 1.29 is 13.5 Å². The lowest BCUT2D eigenvalue weighted by molar-refractivity contribution is 0.277. The maximum atomic E-state index is 12.1. The van der Waals surface area contributed by atoms with Gasteiger partial charge in [0.05, 0.1) is 22.5 Å². The first kappa shape index (κ1) is 16.6. The van der Waals surface area contributed by atoms with Crippen LogP contribution in [0.4, 0.5) is 0 Å². The maximum absolute atomic E-state index is 12.1. The van der Waals surface area contributed by atoms with Crippen LogP contribution in [0.5, 0.6) is 0 Å². The number of H-pyrrole nitrogens is 1. The van der Waals surface area contributed by atoms with Gasteiger partial charge in [-0.15, -0.1) is 0 Å². The van der Waals surface area contributed by atoms with Crippen LogP contribution in [0.15, 0.2) is 47.5 Å². The number of benzene rings is 1. The van der Waals surface area contributed by atoms with Crippen LogP contribution in [-0.4, -0.2) is 41.9 Å². The predicted molar refractivity (Wildman–Crippen MR) is 92.1 cm³/mol. The summed E-state index contributed by atoms with van der Waals surface area (Å²) in [6, 6.07) is 10.5. The zero-order valence-corrected chi connectivity index (χ0v) is 14.3. The summed E-state index contributed by atoms with van der Waals surface area (Å²) in [5, 5.41) is 9.57. The van der Waals surface area contributed by atoms with Crippen LogP contribution >= 0.6 is 0 Å². The van der Waals surface area contributed by atoms with Gasteiger partial charge in [0.2, 0.25) is 10.0 Å². The highest BCUT2D eigenvalue weighted by atomic mass is 32.2. The highest BCUT2D eigenvalue weighted by Crippen LogP contribution is 2.24. The van der Waals surface area contributed by atoms with E-state index in [4.69, 9.17) is 0 Å². The van der Waals surface area contributed by atoms with Crippen LogP contribution < -0.4 is 0 Å². The molecule has 0 amide bonds. The molecule has 2 N–H and O–H groups in total. The van der Waals surface area contributed by atoms with Gasteiger partial charge in [0.1, 0.15) is 0 Å². The number of aromatic amines is 1. The van der Waals surface area contributed by atoms with Crippen LogP contribution in [0.25, 0.3) is 11.0 Å². The van der Waals surface area contributed by atoms with Gasteiger partial charge in [0.15, 0.2) is 0 Å². The Morgan fingerprint density at radius 1 is 1.17 bits per heavy atom. The van der Waals surface area contributed by atoms with Crippen molar-refractivity contribution in [3.63, 3.8) is 0 Å². The largest absolute Gasteiger partial charge is 0.390 e. The third-order valence-electron chi connectivity index (χ3n) is 3.98. The van der Waals surface area contributed by atoms with Gasteiger partial charge in [0.25, 0.3) is 0 Å².